The van der Waals surface area contributed by atoms with Gasteiger partial charge in [-0.2, -0.15) is 0 Å². The minimum atomic E-state index is 1.07. The van der Waals surface area contributed by atoms with Crippen LogP contribution in [0.2, 0.25) is 0 Å². The minimum Gasteiger partial charge on any atom is -0.326 e. The van der Waals surface area contributed by atoms with Crippen LogP contribution in [0.3, 0.4) is 0 Å². The number of rotatable bonds is 5. The van der Waals surface area contributed by atoms with Gasteiger partial charge < -0.3 is 5.43 Å². The second-order valence-electron chi connectivity index (χ2n) is 2.25. The van der Waals surface area contributed by atoms with E-state index in [1.807, 2.05) is 7.05 Å². The van der Waals surface area contributed by atoms with Gasteiger partial charge in [0, 0.05) is 12.7 Å². The molecule has 0 aromatic carbocycles. The molecule has 0 saturated heterocycles. The molecule has 0 rings (SSSR count). The van der Waals surface area contributed by atoms with Crippen LogP contribution >= 0.6 is 0 Å². The molecule has 0 aliphatic heterocycles. The van der Waals surface area contributed by atoms with Gasteiger partial charge in [-0.1, -0.05) is 26.3 Å². The van der Waals surface area contributed by atoms with Crippen molar-refractivity contribution in [3.8, 4) is 0 Å². The first kappa shape index (κ1) is 9.50. The van der Waals surface area contributed by atoms with Gasteiger partial charge in [0.05, 0.1) is 0 Å². The Hall–Kier alpha value is -0.500. The summed E-state index contributed by atoms with van der Waals surface area (Å²) in [7, 11) is 1.88. The quantitative estimate of drug-likeness (QED) is 0.572. The van der Waals surface area contributed by atoms with E-state index in [1.54, 1.807) is 0 Å². The zero-order valence-electron chi connectivity index (χ0n) is 7.20. The number of allylic oxidation sites excluding steroid dienone is 2. The second-order valence-corrected chi connectivity index (χ2v) is 2.25. The van der Waals surface area contributed by atoms with Crippen LogP contribution in [-0.2, 0) is 0 Å². The van der Waals surface area contributed by atoms with Crippen LogP contribution in [0.1, 0.15) is 33.1 Å². The summed E-state index contributed by atoms with van der Waals surface area (Å²) in [5, 5.41) is 0. The highest BCUT2D eigenvalue weighted by Crippen LogP contribution is 1.97. The lowest BCUT2D eigenvalue weighted by atomic mass is 10.2. The highest BCUT2D eigenvalue weighted by Gasteiger charge is 1.87. The first-order chi connectivity index (χ1) is 4.85. The fourth-order valence-corrected chi connectivity index (χ4v) is 0.763. The molecule has 2 N–H and O–H groups in total. The highest BCUT2D eigenvalue weighted by molar-refractivity contribution is 4.96. The van der Waals surface area contributed by atoms with Crippen LogP contribution in [0.15, 0.2) is 11.8 Å². The average Bonchev–Trinajstić information content (AvgIpc) is 1.98. The fourth-order valence-electron chi connectivity index (χ4n) is 0.763. The Balaban J connectivity index is 3.55. The van der Waals surface area contributed by atoms with E-state index in [0.717, 1.165) is 12.8 Å². The molecule has 2 heteroatoms. The third-order valence-corrected chi connectivity index (χ3v) is 1.35. The molecule has 60 valence electrons. The molecule has 0 bridgehead atoms. The third-order valence-electron chi connectivity index (χ3n) is 1.35. The molecule has 0 aromatic rings. The van der Waals surface area contributed by atoms with Crippen molar-refractivity contribution in [2.24, 2.45) is 0 Å². The molecule has 2 nitrogen and oxygen atoms in total. The Morgan fingerprint density at radius 1 is 1.40 bits per heavy atom. The van der Waals surface area contributed by atoms with Gasteiger partial charge in [-0.3, -0.25) is 0 Å². The van der Waals surface area contributed by atoms with Gasteiger partial charge in [0.15, 0.2) is 0 Å². The van der Waals surface area contributed by atoms with Crippen molar-refractivity contribution in [3.05, 3.63) is 11.8 Å². The van der Waals surface area contributed by atoms with E-state index in [1.165, 1.54) is 12.1 Å². The Labute approximate surface area is 63.7 Å². The Morgan fingerprint density at radius 3 is 2.50 bits per heavy atom. The minimum absolute atomic E-state index is 1.07. The summed E-state index contributed by atoms with van der Waals surface area (Å²) in [4.78, 5) is 0. The molecule has 0 spiro atoms. The maximum atomic E-state index is 3.08. The standard InChI is InChI=1S/C8H18N2/c1-4-6-7-8(5-2)10-9-3/h7,9-10H,4-6H2,1-3H3/b8-7-. The monoisotopic (exact) mass is 142 g/mol. The summed E-state index contributed by atoms with van der Waals surface area (Å²) in [5.41, 5.74) is 7.27. The van der Waals surface area contributed by atoms with Crippen LogP contribution in [0.5, 0.6) is 0 Å². The molecular weight excluding hydrogens is 124 g/mol. The summed E-state index contributed by atoms with van der Waals surface area (Å²) in [6.07, 6.45) is 5.68. The zero-order chi connectivity index (χ0) is 7.82. The predicted octanol–water partition coefficient (Wildman–Crippen LogP) is 1.80. The maximum Gasteiger partial charge on any atom is 0.0219 e. The van der Waals surface area contributed by atoms with E-state index in [2.05, 4.69) is 30.8 Å². The lowest BCUT2D eigenvalue weighted by Crippen LogP contribution is -2.26. The molecule has 0 radical (unpaired) electrons. The fraction of sp³-hybridized carbons (Fsp3) is 0.750. The van der Waals surface area contributed by atoms with E-state index >= 15 is 0 Å². The van der Waals surface area contributed by atoms with E-state index < -0.39 is 0 Å². The third kappa shape index (κ3) is 4.39. The summed E-state index contributed by atoms with van der Waals surface area (Å²) in [6, 6.07) is 0. The number of hydrogen-bond acceptors (Lipinski definition) is 2. The molecule has 0 unspecified atom stereocenters. The van der Waals surface area contributed by atoms with E-state index in [9.17, 15) is 0 Å². The Bertz CT molecular complexity index is 97.4. The first-order valence-corrected chi connectivity index (χ1v) is 3.96. The highest BCUT2D eigenvalue weighted by atomic mass is 15.3. The maximum absolute atomic E-state index is 3.08. The predicted molar refractivity (Wildman–Crippen MR) is 45.5 cm³/mol. The molecular formula is C8H18N2. The topological polar surface area (TPSA) is 24.1 Å². The smallest absolute Gasteiger partial charge is 0.0219 e. The van der Waals surface area contributed by atoms with Gasteiger partial charge in [-0.25, -0.2) is 5.43 Å². The molecule has 10 heavy (non-hydrogen) atoms. The molecule has 0 saturated carbocycles. The van der Waals surface area contributed by atoms with Crippen LogP contribution in [0.4, 0.5) is 0 Å². The molecule has 0 aliphatic rings. The van der Waals surface area contributed by atoms with Crippen LogP contribution < -0.4 is 10.9 Å². The molecule has 0 atom stereocenters. The summed E-state index contributed by atoms with van der Waals surface area (Å²) < 4.78 is 0. The van der Waals surface area contributed by atoms with Crippen molar-refractivity contribution in [3.63, 3.8) is 0 Å². The largest absolute Gasteiger partial charge is 0.326 e. The van der Waals surface area contributed by atoms with Gasteiger partial charge in [-0.15, -0.1) is 0 Å². The van der Waals surface area contributed by atoms with E-state index in [4.69, 9.17) is 0 Å². The Morgan fingerprint density at radius 2 is 2.10 bits per heavy atom. The van der Waals surface area contributed by atoms with Gasteiger partial charge in [0.1, 0.15) is 0 Å². The number of unbranched alkanes of at least 4 members (excludes halogenated alkanes) is 1. The normalized spacial score (nSPS) is 11.7. The van der Waals surface area contributed by atoms with Crippen molar-refractivity contribution in [2.45, 2.75) is 33.1 Å². The van der Waals surface area contributed by atoms with Crippen LogP contribution in [0, 0.1) is 0 Å². The molecule has 0 heterocycles. The zero-order valence-corrected chi connectivity index (χ0v) is 7.20. The SMILES string of the molecule is CCC/C=C(/CC)NNC. The first-order valence-electron chi connectivity index (χ1n) is 3.96. The van der Waals surface area contributed by atoms with Crippen molar-refractivity contribution in [1.82, 2.24) is 10.9 Å². The molecule has 0 amide bonds. The van der Waals surface area contributed by atoms with Crippen molar-refractivity contribution in [1.29, 1.82) is 0 Å². The van der Waals surface area contributed by atoms with E-state index in [0.29, 0.717) is 0 Å². The number of nitrogens with one attached hydrogen (secondary N) is 2. The second kappa shape index (κ2) is 6.62. The summed E-state index contributed by atoms with van der Waals surface area (Å²) in [5.74, 6) is 0. The van der Waals surface area contributed by atoms with Crippen molar-refractivity contribution in [2.75, 3.05) is 7.05 Å². The van der Waals surface area contributed by atoms with Gasteiger partial charge in [0.25, 0.3) is 0 Å². The van der Waals surface area contributed by atoms with Crippen molar-refractivity contribution < 1.29 is 0 Å². The number of hydrogen-bond donors (Lipinski definition) is 2. The number of hydrazine groups is 1. The van der Waals surface area contributed by atoms with Gasteiger partial charge in [0.2, 0.25) is 0 Å². The average molecular weight is 142 g/mol. The van der Waals surface area contributed by atoms with Crippen LogP contribution in [0.25, 0.3) is 0 Å². The molecule has 0 fully saturated rings. The molecule has 0 aliphatic carbocycles. The molecule has 0 aromatic heterocycles. The van der Waals surface area contributed by atoms with E-state index in [-0.39, 0.29) is 0 Å². The lowest BCUT2D eigenvalue weighted by Gasteiger charge is -2.05. The van der Waals surface area contributed by atoms with Gasteiger partial charge in [-0.05, 0) is 12.8 Å². The lowest BCUT2D eigenvalue weighted by molar-refractivity contribution is 0.660. The van der Waals surface area contributed by atoms with Crippen molar-refractivity contribution >= 4 is 0 Å². The summed E-state index contributed by atoms with van der Waals surface area (Å²) >= 11 is 0. The Kier molecular flexibility index (Phi) is 6.29. The summed E-state index contributed by atoms with van der Waals surface area (Å²) in [6.45, 7) is 4.33. The van der Waals surface area contributed by atoms with Gasteiger partial charge >= 0.3 is 0 Å². The van der Waals surface area contributed by atoms with Crippen LogP contribution in [-0.4, -0.2) is 7.05 Å².